The number of nitrogens with two attached hydrogens (primary N) is 1. The van der Waals surface area contributed by atoms with Crippen molar-refractivity contribution in [1.29, 1.82) is 0 Å². The van der Waals surface area contributed by atoms with Gasteiger partial charge in [-0.15, -0.1) is 0 Å². The topological polar surface area (TPSA) is 76.1 Å². The minimum absolute atomic E-state index is 0.347. The monoisotopic (exact) mass is 236 g/mol. The molecule has 3 atom stereocenters. The molecule has 2 saturated heterocycles. The number of piperidine rings is 1. The molecule has 17 heavy (non-hydrogen) atoms. The van der Waals surface area contributed by atoms with Crippen LogP contribution >= 0.6 is 0 Å². The third kappa shape index (κ3) is 1.78. The lowest BCUT2D eigenvalue weighted by Gasteiger charge is -2.41. The first-order valence-corrected chi connectivity index (χ1v) is 6.30. The summed E-state index contributed by atoms with van der Waals surface area (Å²) in [5, 5.41) is 18.5. The second-order valence-corrected chi connectivity index (χ2v) is 5.51. The molecule has 2 aliphatic rings. The molecule has 1 aromatic heterocycles. The van der Waals surface area contributed by atoms with Gasteiger partial charge in [0.05, 0.1) is 17.3 Å². The van der Waals surface area contributed by atoms with Gasteiger partial charge in [-0.2, -0.15) is 5.10 Å². The molecule has 0 aliphatic carbocycles. The van der Waals surface area contributed by atoms with E-state index in [9.17, 15) is 5.11 Å². The Labute approximate surface area is 101 Å². The number of fused-ring (bicyclic) bond motifs is 2. The summed E-state index contributed by atoms with van der Waals surface area (Å²) in [4.78, 5) is 0. The highest BCUT2D eigenvalue weighted by Crippen LogP contribution is 2.40. The van der Waals surface area contributed by atoms with Gasteiger partial charge in [-0.05, 0) is 31.7 Å². The number of nitrogens with one attached hydrogen (secondary N) is 1. The van der Waals surface area contributed by atoms with Crippen molar-refractivity contribution in [1.82, 2.24) is 15.1 Å². The largest absolute Gasteiger partial charge is 0.388 e. The molecule has 2 bridgehead atoms. The number of aryl methyl sites for hydroxylation is 1. The van der Waals surface area contributed by atoms with Gasteiger partial charge in [0.1, 0.15) is 0 Å². The summed E-state index contributed by atoms with van der Waals surface area (Å²) < 4.78 is 1.76. The highest BCUT2D eigenvalue weighted by molar-refractivity contribution is 5.15. The van der Waals surface area contributed by atoms with Gasteiger partial charge in [0.2, 0.25) is 0 Å². The van der Waals surface area contributed by atoms with E-state index in [-0.39, 0.29) is 6.04 Å². The molecule has 0 saturated carbocycles. The predicted octanol–water partition coefficient (Wildman–Crippen LogP) is 0.0654. The molecular weight excluding hydrogens is 216 g/mol. The number of nitrogens with zero attached hydrogens (tertiary/aromatic N) is 2. The second-order valence-electron chi connectivity index (χ2n) is 5.51. The molecule has 3 unspecified atom stereocenters. The summed E-state index contributed by atoms with van der Waals surface area (Å²) in [6.45, 7) is 0. The Hall–Kier alpha value is -0.910. The van der Waals surface area contributed by atoms with Crippen LogP contribution < -0.4 is 11.1 Å². The molecule has 5 nitrogen and oxygen atoms in total. The molecule has 3 heterocycles. The zero-order chi connectivity index (χ0) is 12.0. The molecule has 94 valence electrons. The number of hydrogen-bond donors (Lipinski definition) is 3. The summed E-state index contributed by atoms with van der Waals surface area (Å²) >= 11 is 0. The van der Waals surface area contributed by atoms with Crippen LogP contribution in [0.3, 0.4) is 0 Å². The predicted molar refractivity (Wildman–Crippen MR) is 64.3 cm³/mol. The molecule has 2 fully saturated rings. The summed E-state index contributed by atoms with van der Waals surface area (Å²) in [6.07, 6.45) is 5.54. The van der Waals surface area contributed by atoms with Crippen LogP contribution in [0.25, 0.3) is 0 Å². The molecule has 0 amide bonds. The smallest absolute Gasteiger partial charge is 0.0884 e. The summed E-state index contributed by atoms with van der Waals surface area (Å²) in [6, 6.07) is 2.41. The van der Waals surface area contributed by atoms with E-state index in [2.05, 4.69) is 10.4 Å². The maximum atomic E-state index is 10.8. The first-order valence-electron chi connectivity index (χ1n) is 6.30. The number of rotatable bonds is 2. The second kappa shape index (κ2) is 3.80. The van der Waals surface area contributed by atoms with Gasteiger partial charge >= 0.3 is 0 Å². The van der Waals surface area contributed by atoms with Gasteiger partial charge in [-0.25, -0.2) is 0 Å². The Morgan fingerprint density at radius 3 is 2.71 bits per heavy atom. The van der Waals surface area contributed by atoms with Gasteiger partial charge in [-0.1, -0.05) is 0 Å². The Morgan fingerprint density at radius 2 is 2.18 bits per heavy atom. The van der Waals surface area contributed by atoms with Crippen molar-refractivity contribution in [2.75, 3.05) is 0 Å². The van der Waals surface area contributed by atoms with Gasteiger partial charge in [0, 0.05) is 25.3 Å². The lowest BCUT2D eigenvalue weighted by Crippen LogP contribution is -2.54. The first-order chi connectivity index (χ1) is 8.08. The highest BCUT2D eigenvalue weighted by Gasteiger charge is 2.46. The lowest BCUT2D eigenvalue weighted by molar-refractivity contribution is -0.0316. The third-order valence-corrected chi connectivity index (χ3v) is 4.29. The fourth-order valence-electron chi connectivity index (χ4n) is 3.38. The van der Waals surface area contributed by atoms with E-state index in [1.807, 2.05) is 13.1 Å². The molecule has 1 aromatic rings. The van der Waals surface area contributed by atoms with Crippen molar-refractivity contribution in [3.05, 3.63) is 18.0 Å². The number of hydrogen-bond acceptors (Lipinski definition) is 4. The van der Waals surface area contributed by atoms with E-state index >= 15 is 0 Å². The summed E-state index contributed by atoms with van der Waals surface area (Å²) in [5.41, 5.74) is 6.39. The number of aliphatic hydroxyl groups is 1. The maximum absolute atomic E-state index is 10.8. The fourth-order valence-corrected chi connectivity index (χ4v) is 3.38. The van der Waals surface area contributed by atoms with E-state index in [1.54, 1.807) is 10.9 Å². The zero-order valence-electron chi connectivity index (χ0n) is 10.1. The summed E-state index contributed by atoms with van der Waals surface area (Å²) in [5.74, 6) is 0. The fraction of sp³-hybridized carbons (Fsp3) is 0.750. The molecule has 5 heteroatoms. The molecule has 0 radical (unpaired) electrons. The molecule has 3 rings (SSSR count). The van der Waals surface area contributed by atoms with Gasteiger partial charge in [0.15, 0.2) is 0 Å². The van der Waals surface area contributed by atoms with Crippen LogP contribution in [0, 0.1) is 0 Å². The minimum Gasteiger partial charge on any atom is -0.388 e. The van der Waals surface area contributed by atoms with Crippen LogP contribution in [-0.4, -0.2) is 32.6 Å². The van der Waals surface area contributed by atoms with Gasteiger partial charge in [-0.3, -0.25) is 4.68 Å². The number of aromatic nitrogens is 2. The van der Waals surface area contributed by atoms with Crippen LogP contribution in [0.1, 0.15) is 37.4 Å². The van der Waals surface area contributed by atoms with Crippen LogP contribution in [0.5, 0.6) is 0 Å². The van der Waals surface area contributed by atoms with Crippen molar-refractivity contribution in [2.24, 2.45) is 12.8 Å². The molecule has 0 aromatic carbocycles. The van der Waals surface area contributed by atoms with E-state index in [0.29, 0.717) is 12.1 Å². The quantitative estimate of drug-likeness (QED) is 0.679. The van der Waals surface area contributed by atoms with Crippen molar-refractivity contribution in [3.8, 4) is 0 Å². The first kappa shape index (κ1) is 11.2. The van der Waals surface area contributed by atoms with Gasteiger partial charge in [0.25, 0.3) is 0 Å². The van der Waals surface area contributed by atoms with Crippen molar-refractivity contribution in [3.63, 3.8) is 0 Å². The minimum atomic E-state index is -0.787. The maximum Gasteiger partial charge on any atom is 0.0884 e. The average molecular weight is 236 g/mol. The summed E-state index contributed by atoms with van der Waals surface area (Å²) in [7, 11) is 1.87. The Kier molecular flexibility index (Phi) is 2.50. The molecule has 2 aliphatic heterocycles. The van der Waals surface area contributed by atoms with E-state index in [0.717, 1.165) is 31.4 Å². The van der Waals surface area contributed by atoms with Gasteiger partial charge < -0.3 is 16.2 Å². The normalized spacial score (nSPS) is 38.3. The Bertz CT molecular complexity index is 404. The molecule has 4 N–H and O–H groups in total. The molecule has 0 spiro atoms. The van der Waals surface area contributed by atoms with E-state index in [4.69, 9.17) is 5.73 Å². The van der Waals surface area contributed by atoms with Crippen molar-refractivity contribution in [2.45, 2.75) is 49.4 Å². The Morgan fingerprint density at radius 1 is 1.53 bits per heavy atom. The molecular formula is C12H20N4O. The van der Waals surface area contributed by atoms with E-state index in [1.165, 1.54) is 0 Å². The standard InChI is InChI=1S/C12H20N4O/c1-16-10(4-5-14-16)11(13)12(17)6-8-2-3-9(7-12)15-8/h4-5,8-9,11,15,17H,2-3,6-7,13H2,1H3. The van der Waals surface area contributed by atoms with Crippen LogP contribution in [0.15, 0.2) is 12.3 Å². The van der Waals surface area contributed by atoms with Crippen LogP contribution in [0.4, 0.5) is 0 Å². The zero-order valence-corrected chi connectivity index (χ0v) is 10.1. The highest BCUT2D eigenvalue weighted by atomic mass is 16.3. The van der Waals surface area contributed by atoms with Crippen LogP contribution in [0.2, 0.25) is 0 Å². The van der Waals surface area contributed by atoms with Crippen LogP contribution in [-0.2, 0) is 7.05 Å². The van der Waals surface area contributed by atoms with Crippen molar-refractivity contribution < 1.29 is 5.11 Å². The van der Waals surface area contributed by atoms with E-state index < -0.39 is 5.60 Å². The van der Waals surface area contributed by atoms with Crippen molar-refractivity contribution >= 4 is 0 Å². The average Bonchev–Trinajstić information content (AvgIpc) is 2.84. The SMILES string of the molecule is Cn1nccc1C(N)C1(O)CC2CCC(C1)N2. The lowest BCUT2D eigenvalue weighted by atomic mass is 9.80. The third-order valence-electron chi connectivity index (χ3n) is 4.29. The Balaban J connectivity index is 1.85.